The molecule has 100 valence electrons. The summed E-state index contributed by atoms with van der Waals surface area (Å²) in [5.41, 5.74) is -0.552. The topological polar surface area (TPSA) is 76.7 Å². The maximum absolute atomic E-state index is 12.1. The first-order chi connectivity index (χ1) is 9.10. The molecule has 0 aliphatic rings. The molecule has 1 aromatic heterocycles. The van der Waals surface area contributed by atoms with Crippen molar-refractivity contribution in [3.05, 3.63) is 52.6 Å². The van der Waals surface area contributed by atoms with Gasteiger partial charge in [0.15, 0.2) is 5.75 Å². The van der Waals surface area contributed by atoms with Crippen LogP contribution >= 0.6 is 0 Å². The number of aromatic hydroxyl groups is 1. The molecule has 0 radical (unpaired) electrons. The largest absolute Gasteiger partial charge is 0.502 e. The van der Waals surface area contributed by atoms with E-state index < -0.39 is 22.0 Å². The standard InChI is InChI=1S/C13H12O5S/c1-17-9-3-2-4-11(5-9)19(16)8-10-6-12(14)13(15)7-18-10/h2-7,15H,8H2,1H3. The highest BCUT2D eigenvalue weighted by atomic mass is 32.2. The van der Waals surface area contributed by atoms with Gasteiger partial charge in [-0.15, -0.1) is 0 Å². The van der Waals surface area contributed by atoms with E-state index in [4.69, 9.17) is 14.3 Å². The second kappa shape index (κ2) is 5.71. The molecular formula is C13H12O5S. The Hall–Kier alpha value is -2.08. The SMILES string of the molecule is COc1cccc(S(=O)Cc2cc(=O)c(O)co2)c1. The summed E-state index contributed by atoms with van der Waals surface area (Å²) >= 11 is 0. The van der Waals surface area contributed by atoms with Gasteiger partial charge in [0, 0.05) is 11.0 Å². The maximum Gasteiger partial charge on any atom is 0.226 e. The smallest absolute Gasteiger partial charge is 0.226 e. The summed E-state index contributed by atoms with van der Waals surface area (Å²) in [6.07, 6.45) is 0.945. The van der Waals surface area contributed by atoms with Crippen LogP contribution in [0.15, 0.2) is 50.7 Å². The van der Waals surface area contributed by atoms with Gasteiger partial charge >= 0.3 is 0 Å². The molecule has 1 aromatic carbocycles. The van der Waals surface area contributed by atoms with Crippen LogP contribution in [0, 0.1) is 0 Å². The van der Waals surface area contributed by atoms with E-state index in [2.05, 4.69) is 0 Å². The fourth-order valence-electron chi connectivity index (χ4n) is 1.47. The molecule has 5 nitrogen and oxygen atoms in total. The second-order valence-electron chi connectivity index (χ2n) is 3.76. The summed E-state index contributed by atoms with van der Waals surface area (Å²) in [5.74, 6) is 0.459. The van der Waals surface area contributed by atoms with Gasteiger partial charge in [0.1, 0.15) is 17.8 Å². The lowest BCUT2D eigenvalue weighted by molar-refractivity contribution is 0.413. The molecule has 0 bridgehead atoms. The highest BCUT2D eigenvalue weighted by molar-refractivity contribution is 7.84. The fourth-order valence-corrected chi connectivity index (χ4v) is 2.53. The Morgan fingerprint density at radius 2 is 2.16 bits per heavy atom. The van der Waals surface area contributed by atoms with Crippen molar-refractivity contribution in [2.45, 2.75) is 10.6 Å². The summed E-state index contributed by atoms with van der Waals surface area (Å²) in [5, 5.41) is 9.06. The monoisotopic (exact) mass is 280 g/mol. The molecule has 19 heavy (non-hydrogen) atoms. The second-order valence-corrected chi connectivity index (χ2v) is 5.22. The molecule has 0 aliphatic heterocycles. The molecule has 6 heteroatoms. The summed E-state index contributed by atoms with van der Waals surface area (Å²) in [6, 6.07) is 7.99. The number of methoxy groups -OCH3 is 1. The predicted octanol–water partition coefficient (Wildman–Crippen LogP) is 1.66. The zero-order chi connectivity index (χ0) is 13.8. The van der Waals surface area contributed by atoms with Gasteiger partial charge in [0.05, 0.1) is 23.7 Å². The highest BCUT2D eigenvalue weighted by Crippen LogP contribution is 2.18. The van der Waals surface area contributed by atoms with Crippen LogP contribution in [0.3, 0.4) is 0 Å². The molecular weight excluding hydrogens is 268 g/mol. The highest BCUT2D eigenvalue weighted by Gasteiger charge is 2.09. The molecule has 0 aliphatic carbocycles. The van der Waals surface area contributed by atoms with Crippen LogP contribution in [0.5, 0.6) is 11.5 Å². The van der Waals surface area contributed by atoms with Crippen LogP contribution in [0.25, 0.3) is 0 Å². The number of hydrogen-bond donors (Lipinski definition) is 1. The van der Waals surface area contributed by atoms with Crippen molar-refractivity contribution < 1.29 is 18.5 Å². The van der Waals surface area contributed by atoms with E-state index in [9.17, 15) is 9.00 Å². The molecule has 2 aromatic rings. The lowest BCUT2D eigenvalue weighted by atomic mass is 10.3. The molecule has 1 N–H and O–H groups in total. The van der Waals surface area contributed by atoms with Crippen molar-refractivity contribution in [2.75, 3.05) is 7.11 Å². The van der Waals surface area contributed by atoms with Crippen molar-refractivity contribution in [1.82, 2.24) is 0 Å². The van der Waals surface area contributed by atoms with Crippen molar-refractivity contribution >= 4 is 10.8 Å². The lowest BCUT2D eigenvalue weighted by Crippen LogP contribution is -2.03. The van der Waals surface area contributed by atoms with Crippen molar-refractivity contribution in [3.8, 4) is 11.5 Å². The Balaban J connectivity index is 2.20. The number of ether oxygens (including phenoxy) is 1. The van der Waals surface area contributed by atoms with Crippen LogP contribution in [0.2, 0.25) is 0 Å². The van der Waals surface area contributed by atoms with Gasteiger partial charge in [-0.3, -0.25) is 9.00 Å². The Morgan fingerprint density at radius 3 is 2.84 bits per heavy atom. The normalized spacial score (nSPS) is 12.1. The van der Waals surface area contributed by atoms with E-state index >= 15 is 0 Å². The van der Waals surface area contributed by atoms with Crippen molar-refractivity contribution in [3.63, 3.8) is 0 Å². The number of rotatable bonds is 4. The van der Waals surface area contributed by atoms with Crippen LogP contribution in [-0.4, -0.2) is 16.4 Å². The summed E-state index contributed by atoms with van der Waals surface area (Å²) in [6.45, 7) is 0. The van der Waals surface area contributed by atoms with Crippen molar-refractivity contribution in [2.24, 2.45) is 0 Å². The predicted molar refractivity (Wildman–Crippen MR) is 69.7 cm³/mol. The Kier molecular flexibility index (Phi) is 4.01. The molecule has 0 saturated heterocycles. The third-order valence-corrected chi connectivity index (χ3v) is 3.77. The van der Waals surface area contributed by atoms with Gasteiger partial charge in [-0.25, -0.2) is 0 Å². The third-order valence-electron chi connectivity index (χ3n) is 2.44. The average Bonchev–Trinajstić information content (AvgIpc) is 2.43. The molecule has 0 amide bonds. The Bertz CT molecular complexity index is 662. The molecule has 2 rings (SSSR count). The quantitative estimate of drug-likeness (QED) is 0.921. The van der Waals surface area contributed by atoms with Gasteiger partial charge in [0.25, 0.3) is 0 Å². The Morgan fingerprint density at radius 1 is 1.37 bits per heavy atom. The zero-order valence-corrected chi connectivity index (χ0v) is 11.0. The Labute approximate surface area is 111 Å². The first-order valence-corrected chi connectivity index (χ1v) is 6.75. The molecule has 0 fully saturated rings. The minimum absolute atomic E-state index is 0.0582. The average molecular weight is 280 g/mol. The van der Waals surface area contributed by atoms with E-state index in [1.54, 1.807) is 24.3 Å². The van der Waals surface area contributed by atoms with Crippen LogP contribution < -0.4 is 10.2 Å². The first kappa shape index (κ1) is 13.4. The van der Waals surface area contributed by atoms with Crippen molar-refractivity contribution in [1.29, 1.82) is 0 Å². The van der Waals surface area contributed by atoms with Gasteiger partial charge in [-0.2, -0.15) is 0 Å². The summed E-state index contributed by atoms with van der Waals surface area (Å²) < 4.78 is 22.2. The number of hydrogen-bond acceptors (Lipinski definition) is 5. The first-order valence-electron chi connectivity index (χ1n) is 5.43. The van der Waals surface area contributed by atoms with Gasteiger partial charge in [-0.05, 0) is 18.2 Å². The fraction of sp³-hybridized carbons (Fsp3) is 0.154. The summed E-state index contributed by atoms with van der Waals surface area (Å²) in [7, 11) is 0.173. The van der Waals surface area contributed by atoms with Crippen LogP contribution in [0.4, 0.5) is 0 Å². The van der Waals surface area contributed by atoms with E-state index in [0.29, 0.717) is 10.6 Å². The van der Waals surface area contributed by atoms with E-state index in [1.165, 1.54) is 7.11 Å². The minimum Gasteiger partial charge on any atom is -0.502 e. The van der Waals surface area contributed by atoms with E-state index in [1.807, 2.05) is 0 Å². The van der Waals surface area contributed by atoms with Crippen LogP contribution in [-0.2, 0) is 16.6 Å². The van der Waals surface area contributed by atoms with Gasteiger partial charge in [0.2, 0.25) is 5.43 Å². The molecule has 1 heterocycles. The minimum atomic E-state index is -1.36. The van der Waals surface area contributed by atoms with E-state index in [0.717, 1.165) is 12.3 Å². The molecule has 0 saturated carbocycles. The van der Waals surface area contributed by atoms with Crippen LogP contribution in [0.1, 0.15) is 5.76 Å². The summed E-state index contributed by atoms with van der Waals surface area (Å²) in [4.78, 5) is 11.8. The van der Waals surface area contributed by atoms with E-state index in [-0.39, 0.29) is 11.5 Å². The zero-order valence-electron chi connectivity index (χ0n) is 10.2. The van der Waals surface area contributed by atoms with Gasteiger partial charge < -0.3 is 14.3 Å². The lowest BCUT2D eigenvalue weighted by Gasteiger charge is -2.04. The number of benzene rings is 1. The maximum atomic E-state index is 12.1. The third kappa shape index (κ3) is 3.23. The molecule has 1 atom stereocenters. The molecule has 0 spiro atoms. The van der Waals surface area contributed by atoms with Gasteiger partial charge in [-0.1, -0.05) is 6.07 Å². The molecule has 1 unspecified atom stereocenters.